The molecule has 1 aromatic heterocycles. The average Bonchev–Trinajstić information content (AvgIpc) is 3.63. The molecule has 3 aromatic rings. The number of carbonyl (C=O) groups is 2. The fraction of sp³-hybridized carbons (Fsp3) is 0.400. The largest absolute Gasteiger partial charge is 0.481 e. The SMILES string of the molecule is CCN(C(=O)CN1C[C@H](c2ccc3c(c2)OCO3)[C@@H](C(=O)O)[C@@H]1CCc1cccn1C)c1ccc(F)c(C)c1. The van der Waals surface area contributed by atoms with E-state index in [0.717, 1.165) is 11.3 Å². The summed E-state index contributed by atoms with van der Waals surface area (Å²) in [6, 6.07) is 13.9. The first-order chi connectivity index (χ1) is 18.8. The van der Waals surface area contributed by atoms with E-state index in [1.807, 2.05) is 60.0 Å². The molecule has 0 saturated carbocycles. The Kier molecular flexibility index (Phi) is 7.61. The van der Waals surface area contributed by atoms with Crippen LogP contribution in [0.5, 0.6) is 11.5 Å². The van der Waals surface area contributed by atoms with E-state index >= 15 is 0 Å². The molecule has 206 valence electrons. The second-order valence-corrected chi connectivity index (χ2v) is 10.3. The number of hydrogen-bond donors (Lipinski definition) is 1. The van der Waals surface area contributed by atoms with Crippen LogP contribution < -0.4 is 14.4 Å². The van der Waals surface area contributed by atoms with Crippen LogP contribution in [0.25, 0.3) is 0 Å². The number of benzene rings is 2. The second-order valence-electron chi connectivity index (χ2n) is 10.3. The smallest absolute Gasteiger partial charge is 0.308 e. The summed E-state index contributed by atoms with van der Waals surface area (Å²) in [6.45, 7) is 4.59. The molecule has 0 unspecified atom stereocenters. The van der Waals surface area contributed by atoms with E-state index < -0.39 is 11.9 Å². The van der Waals surface area contributed by atoms with Crippen LogP contribution in [0.3, 0.4) is 0 Å². The average molecular weight is 536 g/mol. The number of aryl methyl sites for hydroxylation is 3. The van der Waals surface area contributed by atoms with Gasteiger partial charge in [-0.25, -0.2) is 4.39 Å². The molecule has 1 N–H and O–H groups in total. The Morgan fingerprint density at radius 3 is 2.62 bits per heavy atom. The van der Waals surface area contributed by atoms with Crippen LogP contribution in [0.15, 0.2) is 54.7 Å². The van der Waals surface area contributed by atoms with Gasteiger partial charge in [0.05, 0.1) is 12.5 Å². The zero-order chi connectivity index (χ0) is 27.7. The molecule has 3 atom stereocenters. The van der Waals surface area contributed by atoms with E-state index in [0.29, 0.717) is 48.7 Å². The molecule has 0 aliphatic carbocycles. The molecule has 2 aromatic carbocycles. The zero-order valence-electron chi connectivity index (χ0n) is 22.5. The van der Waals surface area contributed by atoms with Gasteiger partial charge >= 0.3 is 5.97 Å². The summed E-state index contributed by atoms with van der Waals surface area (Å²) in [7, 11) is 1.97. The molecule has 2 aliphatic rings. The van der Waals surface area contributed by atoms with E-state index in [1.54, 1.807) is 24.0 Å². The maximum Gasteiger partial charge on any atom is 0.308 e. The molecule has 0 spiro atoms. The Labute approximate surface area is 227 Å². The van der Waals surface area contributed by atoms with E-state index in [-0.39, 0.29) is 37.0 Å². The van der Waals surface area contributed by atoms with Crippen LogP contribution in [0.4, 0.5) is 10.1 Å². The normalized spacial score (nSPS) is 20.4. The third-order valence-corrected chi connectivity index (χ3v) is 8.01. The van der Waals surface area contributed by atoms with Crippen LogP contribution in [-0.2, 0) is 23.1 Å². The van der Waals surface area contributed by atoms with Crippen molar-refractivity contribution in [2.24, 2.45) is 13.0 Å². The third-order valence-electron chi connectivity index (χ3n) is 8.01. The summed E-state index contributed by atoms with van der Waals surface area (Å²) in [5, 5.41) is 10.4. The van der Waals surface area contributed by atoms with Crippen molar-refractivity contribution in [3.05, 3.63) is 77.4 Å². The fourth-order valence-corrected chi connectivity index (χ4v) is 5.94. The van der Waals surface area contributed by atoms with E-state index in [1.165, 1.54) is 6.07 Å². The quantitative estimate of drug-likeness (QED) is 0.439. The van der Waals surface area contributed by atoms with E-state index in [2.05, 4.69) is 0 Å². The summed E-state index contributed by atoms with van der Waals surface area (Å²) in [4.78, 5) is 30.0. The molecule has 1 saturated heterocycles. The number of ether oxygens (including phenoxy) is 2. The monoisotopic (exact) mass is 535 g/mol. The van der Waals surface area contributed by atoms with Crippen molar-refractivity contribution >= 4 is 17.6 Å². The van der Waals surface area contributed by atoms with E-state index in [4.69, 9.17) is 9.47 Å². The number of halogens is 1. The predicted molar refractivity (Wildman–Crippen MR) is 145 cm³/mol. The number of carboxylic acids is 1. The molecule has 1 amide bonds. The topological polar surface area (TPSA) is 84.2 Å². The molecular weight excluding hydrogens is 501 g/mol. The number of fused-ring (bicyclic) bond motifs is 1. The second kappa shape index (κ2) is 11.1. The molecule has 9 heteroatoms. The summed E-state index contributed by atoms with van der Waals surface area (Å²) < 4.78 is 26.9. The van der Waals surface area contributed by atoms with Crippen molar-refractivity contribution in [2.75, 3.05) is 31.3 Å². The number of likely N-dealkylation sites (tertiary alicyclic amines) is 1. The van der Waals surface area contributed by atoms with Gasteiger partial charge in [0.2, 0.25) is 12.7 Å². The minimum absolute atomic E-state index is 0.0624. The number of aromatic nitrogens is 1. The van der Waals surface area contributed by atoms with Crippen molar-refractivity contribution in [1.29, 1.82) is 0 Å². The minimum Gasteiger partial charge on any atom is -0.481 e. The fourth-order valence-electron chi connectivity index (χ4n) is 5.94. The lowest BCUT2D eigenvalue weighted by molar-refractivity contribution is -0.143. The molecule has 39 heavy (non-hydrogen) atoms. The Hall–Kier alpha value is -3.85. The number of amides is 1. The molecule has 1 fully saturated rings. The first-order valence-corrected chi connectivity index (χ1v) is 13.3. The Morgan fingerprint density at radius 1 is 1.13 bits per heavy atom. The molecule has 3 heterocycles. The lowest BCUT2D eigenvalue weighted by atomic mass is 9.83. The standard InChI is InChI=1S/C30H34FN3O5/c1-4-34(22-8-10-24(31)19(2)14-22)28(35)17-33-16-23(20-7-12-26-27(15-20)39-18-38-26)29(30(36)37)25(33)11-9-21-6-5-13-32(21)3/h5-8,10,12-15,23,25,29H,4,9,11,16-18H2,1-3H3,(H,36,37)/t23-,25+,29-/m1/s1. The number of carboxylic acid groups (broad SMARTS) is 1. The van der Waals surface area contributed by atoms with Gasteiger partial charge in [-0.1, -0.05) is 6.07 Å². The first kappa shape index (κ1) is 26.7. The van der Waals surface area contributed by atoms with Crippen molar-refractivity contribution in [1.82, 2.24) is 9.47 Å². The molecule has 8 nitrogen and oxygen atoms in total. The van der Waals surface area contributed by atoms with Crippen molar-refractivity contribution in [3.63, 3.8) is 0 Å². The predicted octanol–water partition coefficient (Wildman–Crippen LogP) is 4.36. The molecule has 2 aliphatic heterocycles. The zero-order valence-corrected chi connectivity index (χ0v) is 22.5. The highest BCUT2D eigenvalue weighted by molar-refractivity contribution is 5.95. The van der Waals surface area contributed by atoms with Crippen molar-refractivity contribution < 1.29 is 28.6 Å². The van der Waals surface area contributed by atoms with Gasteiger partial charge in [0.25, 0.3) is 0 Å². The Balaban J connectivity index is 1.44. The van der Waals surface area contributed by atoms with Crippen molar-refractivity contribution in [3.8, 4) is 11.5 Å². The maximum atomic E-state index is 13.9. The first-order valence-electron chi connectivity index (χ1n) is 13.3. The van der Waals surface area contributed by atoms with Crippen LogP contribution in [0.1, 0.15) is 36.1 Å². The lowest BCUT2D eigenvalue weighted by Gasteiger charge is -2.29. The number of nitrogens with zero attached hydrogens (tertiary/aromatic N) is 3. The number of hydrogen-bond acceptors (Lipinski definition) is 5. The highest BCUT2D eigenvalue weighted by Gasteiger charge is 2.47. The summed E-state index contributed by atoms with van der Waals surface area (Å²) in [5.41, 5.74) is 3.05. The number of carbonyl (C=O) groups excluding carboxylic acids is 1. The number of aliphatic carboxylic acids is 1. The molecule has 0 radical (unpaired) electrons. The van der Waals surface area contributed by atoms with Gasteiger partial charge < -0.3 is 24.0 Å². The minimum atomic E-state index is -0.883. The third kappa shape index (κ3) is 5.36. The Morgan fingerprint density at radius 2 is 1.92 bits per heavy atom. The summed E-state index contributed by atoms with van der Waals surface area (Å²) >= 11 is 0. The van der Waals surface area contributed by atoms with Gasteiger partial charge in [0.1, 0.15) is 5.82 Å². The molecular formula is C30H34FN3O5. The maximum absolute atomic E-state index is 13.9. The highest BCUT2D eigenvalue weighted by atomic mass is 19.1. The molecule has 0 bridgehead atoms. The van der Waals surface area contributed by atoms with Crippen molar-refractivity contribution in [2.45, 2.75) is 38.6 Å². The summed E-state index contributed by atoms with van der Waals surface area (Å²) in [5.74, 6) is -1.14. The van der Waals surface area contributed by atoms with Gasteiger partial charge in [-0.2, -0.15) is 0 Å². The van der Waals surface area contributed by atoms with Gasteiger partial charge in [-0.3, -0.25) is 14.5 Å². The van der Waals surface area contributed by atoms with Crippen LogP contribution in [0, 0.1) is 18.7 Å². The molecule has 5 rings (SSSR count). The number of anilines is 1. The highest BCUT2D eigenvalue weighted by Crippen LogP contribution is 2.43. The van der Waals surface area contributed by atoms with E-state index in [9.17, 15) is 19.1 Å². The van der Waals surface area contributed by atoms with Crippen LogP contribution in [-0.4, -0.2) is 58.9 Å². The van der Waals surface area contributed by atoms with Gasteiger partial charge in [-0.15, -0.1) is 0 Å². The van der Waals surface area contributed by atoms with Gasteiger partial charge in [0.15, 0.2) is 11.5 Å². The van der Waals surface area contributed by atoms with Gasteiger partial charge in [0, 0.05) is 49.7 Å². The number of likely N-dealkylation sites (N-methyl/N-ethyl adjacent to an activating group) is 1. The Bertz CT molecular complexity index is 1370. The number of rotatable bonds is 9. The summed E-state index contributed by atoms with van der Waals surface area (Å²) in [6.07, 6.45) is 3.25. The van der Waals surface area contributed by atoms with Crippen LogP contribution in [0.2, 0.25) is 0 Å². The lowest BCUT2D eigenvalue weighted by Crippen LogP contribution is -2.44. The van der Waals surface area contributed by atoms with Gasteiger partial charge in [-0.05, 0) is 80.3 Å². The van der Waals surface area contributed by atoms with Crippen LogP contribution >= 0.6 is 0 Å².